The minimum Gasteiger partial charge on any atom is -0.301 e. The molecule has 1 saturated heterocycles. The highest BCUT2D eigenvalue weighted by Gasteiger charge is 2.27. The molecule has 0 bridgehead atoms. The standard InChI is InChI=1S/C18H29N3O.ClH/c1-5-18(22)21(17-8-6-7-9-19-17)16(4)13-20-11-14(2)10-15(3)12-20;/h6-9,14-16H,5,10-13H2,1-4H3;1H. The monoisotopic (exact) mass is 339 g/mol. The number of halogens is 1. The first-order valence-electron chi connectivity index (χ1n) is 8.46. The first kappa shape index (κ1) is 19.9. The molecule has 5 heteroatoms. The third-order valence-corrected chi connectivity index (χ3v) is 4.37. The van der Waals surface area contributed by atoms with Gasteiger partial charge in [-0.15, -0.1) is 12.4 Å². The topological polar surface area (TPSA) is 36.4 Å². The highest BCUT2D eigenvalue weighted by molar-refractivity contribution is 5.92. The molecule has 1 aliphatic rings. The molecule has 4 nitrogen and oxygen atoms in total. The summed E-state index contributed by atoms with van der Waals surface area (Å²) in [5.74, 6) is 2.38. The molecule has 0 radical (unpaired) electrons. The summed E-state index contributed by atoms with van der Waals surface area (Å²) < 4.78 is 0. The van der Waals surface area contributed by atoms with Gasteiger partial charge >= 0.3 is 0 Å². The Balaban J connectivity index is 0.00000264. The summed E-state index contributed by atoms with van der Waals surface area (Å²) in [4.78, 5) is 21.1. The summed E-state index contributed by atoms with van der Waals surface area (Å²) in [7, 11) is 0. The van der Waals surface area contributed by atoms with E-state index in [0.29, 0.717) is 6.42 Å². The number of nitrogens with zero attached hydrogens (tertiary/aromatic N) is 3. The van der Waals surface area contributed by atoms with E-state index in [1.807, 2.05) is 30.0 Å². The molecular formula is C18H30ClN3O. The minimum absolute atomic E-state index is 0. The molecule has 1 aromatic heterocycles. The third-order valence-electron chi connectivity index (χ3n) is 4.37. The lowest BCUT2D eigenvalue weighted by Gasteiger charge is -2.38. The zero-order valence-electron chi connectivity index (χ0n) is 14.7. The van der Waals surface area contributed by atoms with Crippen molar-refractivity contribution in [3.05, 3.63) is 24.4 Å². The quantitative estimate of drug-likeness (QED) is 0.822. The second-order valence-corrected chi connectivity index (χ2v) is 6.82. The fourth-order valence-electron chi connectivity index (χ4n) is 3.66. The number of aromatic nitrogens is 1. The smallest absolute Gasteiger partial charge is 0.228 e. The summed E-state index contributed by atoms with van der Waals surface area (Å²) in [6.45, 7) is 11.9. The van der Waals surface area contributed by atoms with Crippen LogP contribution in [0, 0.1) is 11.8 Å². The molecule has 2 rings (SSSR count). The van der Waals surface area contributed by atoms with Crippen molar-refractivity contribution in [1.29, 1.82) is 0 Å². The van der Waals surface area contributed by atoms with Crippen molar-refractivity contribution in [2.45, 2.75) is 46.6 Å². The van der Waals surface area contributed by atoms with Gasteiger partial charge in [-0.1, -0.05) is 26.8 Å². The van der Waals surface area contributed by atoms with Crippen molar-refractivity contribution in [3.8, 4) is 0 Å². The van der Waals surface area contributed by atoms with Gasteiger partial charge in [-0.2, -0.15) is 0 Å². The Morgan fingerprint density at radius 2 is 2.00 bits per heavy atom. The molecule has 1 aliphatic heterocycles. The van der Waals surface area contributed by atoms with Crippen LogP contribution in [0.5, 0.6) is 0 Å². The van der Waals surface area contributed by atoms with E-state index in [0.717, 1.165) is 37.3 Å². The van der Waals surface area contributed by atoms with Gasteiger partial charge in [-0.25, -0.2) is 4.98 Å². The zero-order chi connectivity index (χ0) is 16.1. The molecule has 0 spiro atoms. The zero-order valence-corrected chi connectivity index (χ0v) is 15.6. The van der Waals surface area contributed by atoms with Crippen LogP contribution in [0.2, 0.25) is 0 Å². The summed E-state index contributed by atoms with van der Waals surface area (Å²) in [6.07, 6.45) is 3.57. The van der Waals surface area contributed by atoms with Gasteiger partial charge in [-0.05, 0) is 37.3 Å². The maximum Gasteiger partial charge on any atom is 0.228 e. The lowest BCUT2D eigenvalue weighted by atomic mass is 9.91. The van der Waals surface area contributed by atoms with Gasteiger partial charge in [0.05, 0.1) is 0 Å². The predicted octanol–water partition coefficient (Wildman–Crippen LogP) is 3.61. The third kappa shape index (κ3) is 5.47. The highest BCUT2D eigenvalue weighted by atomic mass is 35.5. The lowest BCUT2D eigenvalue weighted by molar-refractivity contribution is -0.118. The molecule has 0 saturated carbocycles. The van der Waals surface area contributed by atoms with Crippen LogP contribution in [0.25, 0.3) is 0 Å². The van der Waals surface area contributed by atoms with Gasteiger partial charge in [0.2, 0.25) is 5.91 Å². The largest absolute Gasteiger partial charge is 0.301 e. The van der Waals surface area contributed by atoms with Crippen molar-refractivity contribution < 1.29 is 4.79 Å². The predicted molar refractivity (Wildman–Crippen MR) is 98.1 cm³/mol. The number of piperidine rings is 1. The Bertz CT molecular complexity index is 472. The number of likely N-dealkylation sites (tertiary alicyclic amines) is 1. The van der Waals surface area contributed by atoms with Crippen molar-refractivity contribution in [3.63, 3.8) is 0 Å². The number of amides is 1. The van der Waals surface area contributed by atoms with Crippen molar-refractivity contribution in [2.24, 2.45) is 11.8 Å². The average Bonchev–Trinajstić information content (AvgIpc) is 2.47. The van der Waals surface area contributed by atoms with Crippen LogP contribution < -0.4 is 4.90 Å². The maximum atomic E-state index is 12.4. The van der Waals surface area contributed by atoms with Gasteiger partial charge in [0.15, 0.2) is 0 Å². The maximum absolute atomic E-state index is 12.4. The molecule has 0 N–H and O–H groups in total. The Kier molecular flexibility index (Phi) is 8.00. The molecule has 1 fully saturated rings. The molecule has 23 heavy (non-hydrogen) atoms. The molecular weight excluding hydrogens is 310 g/mol. The second-order valence-electron chi connectivity index (χ2n) is 6.82. The van der Waals surface area contributed by atoms with Gasteiger partial charge < -0.3 is 4.90 Å². The summed E-state index contributed by atoms with van der Waals surface area (Å²) in [5.41, 5.74) is 0. The number of hydrogen-bond donors (Lipinski definition) is 0. The number of hydrogen-bond acceptors (Lipinski definition) is 3. The normalized spacial score (nSPS) is 23.0. The van der Waals surface area contributed by atoms with E-state index in [9.17, 15) is 4.79 Å². The number of carbonyl (C=O) groups excluding carboxylic acids is 1. The van der Waals surface area contributed by atoms with Gasteiger partial charge in [-0.3, -0.25) is 9.69 Å². The van der Waals surface area contributed by atoms with Crippen molar-refractivity contribution in [1.82, 2.24) is 9.88 Å². The Morgan fingerprint density at radius 1 is 1.35 bits per heavy atom. The van der Waals surface area contributed by atoms with Crippen molar-refractivity contribution >= 4 is 24.1 Å². The fraction of sp³-hybridized carbons (Fsp3) is 0.667. The van der Waals surface area contributed by atoms with Crippen LogP contribution in [0.1, 0.15) is 40.5 Å². The van der Waals surface area contributed by atoms with Gasteiger partial charge in [0.25, 0.3) is 0 Å². The first-order valence-corrected chi connectivity index (χ1v) is 8.46. The van der Waals surface area contributed by atoms with Crippen LogP contribution in [0.3, 0.4) is 0 Å². The van der Waals surface area contributed by atoms with E-state index in [2.05, 4.69) is 30.7 Å². The fourth-order valence-corrected chi connectivity index (χ4v) is 3.66. The van der Waals surface area contributed by atoms with E-state index in [1.54, 1.807) is 6.20 Å². The Morgan fingerprint density at radius 3 is 2.52 bits per heavy atom. The first-order chi connectivity index (χ1) is 10.5. The average molecular weight is 340 g/mol. The van der Waals surface area contributed by atoms with Gasteiger partial charge in [0, 0.05) is 38.3 Å². The van der Waals surface area contributed by atoms with E-state index >= 15 is 0 Å². The number of rotatable bonds is 5. The molecule has 1 aromatic rings. The van der Waals surface area contributed by atoms with E-state index in [1.165, 1.54) is 6.42 Å². The number of anilines is 1. The van der Waals surface area contributed by atoms with Crippen LogP contribution in [0.15, 0.2) is 24.4 Å². The van der Waals surface area contributed by atoms with E-state index in [4.69, 9.17) is 0 Å². The van der Waals surface area contributed by atoms with E-state index in [-0.39, 0.29) is 24.4 Å². The molecule has 130 valence electrons. The Hall–Kier alpha value is -1.13. The van der Waals surface area contributed by atoms with Crippen LogP contribution >= 0.6 is 12.4 Å². The molecule has 3 unspecified atom stereocenters. The lowest BCUT2D eigenvalue weighted by Crippen LogP contribution is -2.49. The number of pyridine rings is 1. The molecule has 3 atom stereocenters. The molecule has 0 aliphatic carbocycles. The van der Waals surface area contributed by atoms with Crippen LogP contribution in [-0.2, 0) is 4.79 Å². The SMILES string of the molecule is CCC(=O)N(c1ccccn1)C(C)CN1CC(C)CC(C)C1.Cl. The van der Waals surface area contributed by atoms with Gasteiger partial charge in [0.1, 0.15) is 5.82 Å². The molecule has 0 aromatic carbocycles. The summed E-state index contributed by atoms with van der Waals surface area (Å²) in [5, 5.41) is 0. The highest BCUT2D eigenvalue weighted by Crippen LogP contribution is 2.22. The van der Waals surface area contributed by atoms with Crippen molar-refractivity contribution in [2.75, 3.05) is 24.5 Å². The summed E-state index contributed by atoms with van der Waals surface area (Å²) >= 11 is 0. The Labute approximate surface area is 146 Å². The minimum atomic E-state index is 0. The van der Waals surface area contributed by atoms with E-state index < -0.39 is 0 Å². The molecule has 1 amide bonds. The van der Waals surface area contributed by atoms with Crippen LogP contribution in [-0.4, -0.2) is 41.5 Å². The summed E-state index contributed by atoms with van der Waals surface area (Å²) in [6, 6.07) is 5.89. The molecule has 2 heterocycles. The van der Waals surface area contributed by atoms with Crippen LogP contribution in [0.4, 0.5) is 5.82 Å². The number of carbonyl (C=O) groups is 1. The second kappa shape index (κ2) is 9.24.